The summed E-state index contributed by atoms with van der Waals surface area (Å²) < 4.78 is 61.9. The molecule has 1 rings (SSSR count). The molecule has 0 aliphatic rings. The zero-order valence-electron chi connectivity index (χ0n) is 7.48. The van der Waals surface area contributed by atoms with Gasteiger partial charge in [-0.2, -0.15) is 16.8 Å². The van der Waals surface area contributed by atoms with Gasteiger partial charge in [-0.25, -0.2) is 0 Å². The summed E-state index contributed by atoms with van der Waals surface area (Å²) in [6.07, 6.45) is 0. The third-order valence-electron chi connectivity index (χ3n) is 1.11. The SMILES string of the molecule is O=S(=O)(O)O.O=S(=O)(O)c1ccc(Br)cc1. The summed E-state index contributed by atoms with van der Waals surface area (Å²) in [6, 6.07) is 5.73. The van der Waals surface area contributed by atoms with E-state index in [1.807, 2.05) is 0 Å². The van der Waals surface area contributed by atoms with Crippen LogP contribution in [0, 0.1) is 0 Å². The Morgan fingerprint density at radius 1 is 0.875 bits per heavy atom. The van der Waals surface area contributed by atoms with Gasteiger partial charge in [0, 0.05) is 4.47 Å². The lowest BCUT2D eigenvalue weighted by Gasteiger charge is -1.94. The van der Waals surface area contributed by atoms with Crippen molar-refractivity contribution in [3.8, 4) is 0 Å². The number of hydrogen-bond acceptors (Lipinski definition) is 4. The van der Waals surface area contributed by atoms with Gasteiger partial charge in [-0.1, -0.05) is 15.9 Å². The quantitative estimate of drug-likeness (QED) is 0.654. The van der Waals surface area contributed by atoms with Crippen LogP contribution in [0.5, 0.6) is 0 Å². The van der Waals surface area contributed by atoms with Crippen molar-refractivity contribution in [2.45, 2.75) is 4.90 Å². The molecule has 0 bridgehead atoms. The van der Waals surface area contributed by atoms with Crippen LogP contribution in [0.15, 0.2) is 33.6 Å². The van der Waals surface area contributed by atoms with Gasteiger partial charge in [0.05, 0.1) is 4.90 Å². The average molecular weight is 335 g/mol. The van der Waals surface area contributed by atoms with Gasteiger partial charge in [0.1, 0.15) is 0 Å². The standard InChI is InChI=1S/C6H5BrO3S.H2O4S/c7-5-1-3-6(4-2-5)11(8,9)10;1-5(2,3)4/h1-4H,(H,8,9,10);(H2,1,2,3,4). The molecule has 0 aromatic heterocycles. The molecule has 0 unspecified atom stereocenters. The summed E-state index contributed by atoms with van der Waals surface area (Å²) in [5, 5.41) is 0. The smallest absolute Gasteiger partial charge is 0.282 e. The maximum Gasteiger partial charge on any atom is 0.394 e. The van der Waals surface area contributed by atoms with Gasteiger partial charge >= 0.3 is 10.4 Å². The predicted molar refractivity (Wildman–Crippen MR) is 58.1 cm³/mol. The first-order chi connectivity index (χ1) is 7.00. The Labute approximate surface area is 101 Å². The van der Waals surface area contributed by atoms with Crippen molar-refractivity contribution in [1.82, 2.24) is 0 Å². The van der Waals surface area contributed by atoms with Gasteiger partial charge in [-0.15, -0.1) is 0 Å². The van der Waals surface area contributed by atoms with Crippen LogP contribution in [0.25, 0.3) is 0 Å². The van der Waals surface area contributed by atoms with Crippen LogP contribution in [-0.4, -0.2) is 30.5 Å². The van der Waals surface area contributed by atoms with E-state index in [2.05, 4.69) is 15.9 Å². The lowest BCUT2D eigenvalue weighted by Crippen LogP contribution is -1.96. The predicted octanol–water partition coefficient (Wildman–Crippen LogP) is 1.04. The largest absolute Gasteiger partial charge is 0.394 e. The molecule has 0 aliphatic carbocycles. The van der Waals surface area contributed by atoms with Crippen LogP contribution in [0.1, 0.15) is 0 Å². The van der Waals surface area contributed by atoms with Crippen molar-refractivity contribution < 1.29 is 30.5 Å². The van der Waals surface area contributed by atoms with Crippen molar-refractivity contribution in [2.24, 2.45) is 0 Å². The maximum absolute atomic E-state index is 10.5. The van der Waals surface area contributed by atoms with Crippen molar-refractivity contribution in [2.75, 3.05) is 0 Å². The summed E-state index contributed by atoms with van der Waals surface area (Å²) in [5.41, 5.74) is 0. The molecule has 0 spiro atoms. The second kappa shape index (κ2) is 5.70. The third-order valence-corrected chi connectivity index (χ3v) is 2.51. The number of halogens is 1. The zero-order chi connectivity index (χ0) is 13.0. The minimum Gasteiger partial charge on any atom is -0.282 e. The highest BCUT2D eigenvalue weighted by Crippen LogP contribution is 2.13. The summed E-state index contributed by atoms with van der Waals surface area (Å²) >= 11 is 3.14. The summed E-state index contributed by atoms with van der Waals surface area (Å²) in [4.78, 5) is -0.0966. The van der Waals surface area contributed by atoms with E-state index in [1.165, 1.54) is 12.1 Å². The highest BCUT2D eigenvalue weighted by Gasteiger charge is 2.07. The van der Waals surface area contributed by atoms with Crippen LogP contribution in [-0.2, 0) is 20.5 Å². The van der Waals surface area contributed by atoms with Crippen LogP contribution < -0.4 is 0 Å². The minimum atomic E-state index is -4.67. The first-order valence-electron chi connectivity index (χ1n) is 3.43. The molecule has 0 radical (unpaired) electrons. The molecule has 0 amide bonds. The highest BCUT2D eigenvalue weighted by atomic mass is 79.9. The van der Waals surface area contributed by atoms with E-state index in [4.69, 9.17) is 22.1 Å². The lowest BCUT2D eigenvalue weighted by atomic mass is 10.4. The normalized spacial score (nSPS) is 11.5. The third kappa shape index (κ3) is 8.76. The van der Waals surface area contributed by atoms with Crippen molar-refractivity contribution >= 4 is 36.4 Å². The molecule has 16 heavy (non-hydrogen) atoms. The number of hydrogen-bond donors (Lipinski definition) is 3. The Morgan fingerprint density at radius 3 is 1.44 bits per heavy atom. The van der Waals surface area contributed by atoms with E-state index in [0.717, 1.165) is 4.47 Å². The molecule has 0 atom stereocenters. The summed E-state index contributed by atoms with van der Waals surface area (Å²) in [7, 11) is -8.71. The molecule has 7 nitrogen and oxygen atoms in total. The second-order valence-corrected chi connectivity index (χ2v) is 5.61. The Bertz CT molecular complexity index is 523. The summed E-state index contributed by atoms with van der Waals surface area (Å²) in [6.45, 7) is 0. The Kier molecular flexibility index (Phi) is 5.52. The van der Waals surface area contributed by atoms with Gasteiger partial charge in [0.15, 0.2) is 0 Å². The molecule has 1 aromatic rings. The minimum absolute atomic E-state index is 0.0966. The molecule has 10 heteroatoms. The topological polar surface area (TPSA) is 129 Å². The second-order valence-electron chi connectivity index (χ2n) is 2.38. The first-order valence-corrected chi connectivity index (χ1v) is 7.06. The molecule has 0 aliphatic heterocycles. The monoisotopic (exact) mass is 334 g/mol. The highest BCUT2D eigenvalue weighted by molar-refractivity contribution is 9.10. The molecule has 0 fully saturated rings. The molecular weight excluding hydrogens is 328 g/mol. The van der Waals surface area contributed by atoms with Crippen LogP contribution in [0.2, 0.25) is 0 Å². The Morgan fingerprint density at radius 2 is 1.19 bits per heavy atom. The maximum atomic E-state index is 10.5. The van der Waals surface area contributed by atoms with Gasteiger partial charge < -0.3 is 0 Å². The lowest BCUT2D eigenvalue weighted by molar-refractivity contribution is 0.381. The van der Waals surface area contributed by atoms with E-state index >= 15 is 0 Å². The summed E-state index contributed by atoms with van der Waals surface area (Å²) in [5.74, 6) is 0. The van der Waals surface area contributed by atoms with E-state index in [-0.39, 0.29) is 4.90 Å². The van der Waals surface area contributed by atoms with Crippen molar-refractivity contribution in [1.29, 1.82) is 0 Å². The molecule has 3 N–H and O–H groups in total. The van der Waals surface area contributed by atoms with Gasteiger partial charge in [0.25, 0.3) is 10.1 Å². The van der Waals surface area contributed by atoms with Gasteiger partial charge in [0.2, 0.25) is 0 Å². The van der Waals surface area contributed by atoms with E-state index in [0.29, 0.717) is 0 Å². The van der Waals surface area contributed by atoms with Crippen LogP contribution in [0.3, 0.4) is 0 Å². The Hall–Kier alpha value is -0.520. The molecule has 0 saturated carbocycles. The Balaban J connectivity index is 0.000000385. The van der Waals surface area contributed by atoms with E-state index < -0.39 is 20.5 Å². The number of rotatable bonds is 1. The van der Waals surface area contributed by atoms with E-state index in [9.17, 15) is 8.42 Å². The van der Waals surface area contributed by atoms with E-state index in [1.54, 1.807) is 12.1 Å². The molecule has 1 aromatic carbocycles. The molecular formula is C6H7BrO7S2. The zero-order valence-corrected chi connectivity index (χ0v) is 10.7. The molecule has 92 valence electrons. The van der Waals surface area contributed by atoms with Crippen LogP contribution >= 0.6 is 15.9 Å². The molecule has 0 saturated heterocycles. The van der Waals surface area contributed by atoms with Gasteiger partial charge in [-0.3, -0.25) is 13.7 Å². The van der Waals surface area contributed by atoms with Crippen molar-refractivity contribution in [3.05, 3.63) is 28.7 Å². The van der Waals surface area contributed by atoms with Gasteiger partial charge in [-0.05, 0) is 24.3 Å². The number of benzene rings is 1. The fraction of sp³-hybridized carbons (Fsp3) is 0. The average Bonchev–Trinajstić information content (AvgIpc) is 1.99. The van der Waals surface area contributed by atoms with Crippen molar-refractivity contribution in [3.63, 3.8) is 0 Å². The fourth-order valence-electron chi connectivity index (χ4n) is 0.607. The molecule has 0 heterocycles. The van der Waals surface area contributed by atoms with Crippen LogP contribution in [0.4, 0.5) is 0 Å². The fourth-order valence-corrected chi connectivity index (χ4v) is 1.35. The first kappa shape index (κ1) is 15.5.